The molecule has 1 amide bonds. The van der Waals surface area contributed by atoms with Crippen LogP contribution < -0.4 is 16.4 Å². The second-order valence-corrected chi connectivity index (χ2v) is 6.81. The molecule has 2 heterocycles. The maximum absolute atomic E-state index is 14.4. The van der Waals surface area contributed by atoms with Crippen molar-refractivity contribution in [3.63, 3.8) is 0 Å². The van der Waals surface area contributed by atoms with Gasteiger partial charge >= 0.3 is 0 Å². The van der Waals surface area contributed by atoms with E-state index in [1.807, 2.05) is 0 Å². The molecule has 0 radical (unpaired) electrons. The smallest absolute Gasteiger partial charge is 0.221 e. The van der Waals surface area contributed by atoms with Crippen molar-refractivity contribution in [2.45, 2.75) is 6.92 Å². The monoisotopic (exact) mass is 447 g/mol. The van der Waals surface area contributed by atoms with Crippen molar-refractivity contribution in [2.24, 2.45) is 10.7 Å². The number of rotatable bonds is 6. The molecule has 0 saturated heterocycles. The minimum atomic E-state index is -0.631. The number of anilines is 1. The number of carbonyl (C=O) groups is 1. The highest BCUT2D eigenvalue weighted by Gasteiger charge is 2.16. The van der Waals surface area contributed by atoms with Crippen molar-refractivity contribution < 1.29 is 9.18 Å². The molecule has 4 N–H and O–H groups in total. The van der Waals surface area contributed by atoms with E-state index in [1.165, 1.54) is 23.9 Å². The van der Waals surface area contributed by atoms with Gasteiger partial charge in [-0.1, -0.05) is 35.8 Å². The third-order valence-electron chi connectivity index (χ3n) is 3.78. The quantitative estimate of drug-likeness (QED) is 0.302. The van der Waals surface area contributed by atoms with E-state index < -0.39 is 5.82 Å². The van der Waals surface area contributed by atoms with Gasteiger partial charge in [0.1, 0.15) is 22.8 Å². The topological polar surface area (TPSA) is 110 Å². The van der Waals surface area contributed by atoms with Crippen LogP contribution in [0, 0.1) is 5.82 Å². The lowest BCUT2D eigenvalue weighted by atomic mass is 10.3. The van der Waals surface area contributed by atoms with Crippen molar-refractivity contribution in [3.8, 4) is 5.69 Å². The van der Waals surface area contributed by atoms with Crippen LogP contribution in [0.3, 0.4) is 0 Å². The Hall–Kier alpha value is -3.43. The lowest BCUT2D eigenvalue weighted by Gasteiger charge is -2.08. The van der Waals surface area contributed by atoms with Crippen molar-refractivity contribution in [1.82, 2.24) is 20.1 Å². The van der Waals surface area contributed by atoms with Crippen molar-refractivity contribution in [1.29, 1.82) is 0 Å². The molecule has 8 nitrogen and oxygen atoms in total. The summed E-state index contributed by atoms with van der Waals surface area (Å²) in [5.74, 6) is -0.478. The van der Waals surface area contributed by atoms with Crippen LogP contribution >= 0.6 is 23.2 Å². The number of benzene rings is 1. The first-order valence-electron chi connectivity index (χ1n) is 8.48. The van der Waals surface area contributed by atoms with Gasteiger partial charge in [-0.15, -0.1) is 0 Å². The molecule has 0 atom stereocenters. The number of amides is 1. The van der Waals surface area contributed by atoms with Crippen LogP contribution in [0.15, 0.2) is 59.8 Å². The van der Waals surface area contributed by atoms with Crippen LogP contribution in [-0.2, 0) is 4.79 Å². The lowest BCUT2D eigenvalue weighted by molar-refractivity contribution is -0.118. The molecule has 30 heavy (non-hydrogen) atoms. The first-order chi connectivity index (χ1) is 14.3. The standard InChI is InChI=1S/C19H16Cl2FN7O/c1-10(26-11(2)30)6-16(25-9-23)27-19-12-8-29(28-17(12)15(22)7-24-19)18-13(20)4-3-5-14(18)21/h3-9H,1H2,2H3,(H2,23,25)(H,24,27)(H,26,30)/b16-6+. The number of fused-ring (bicyclic) bond motifs is 1. The molecule has 3 rings (SSSR count). The van der Waals surface area contributed by atoms with Crippen LogP contribution in [0.1, 0.15) is 6.92 Å². The number of carbonyl (C=O) groups excluding carboxylic acids is 1. The highest BCUT2D eigenvalue weighted by Crippen LogP contribution is 2.31. The Kier molecular flexibility index (Phi) is 6.34. The minimum Gasteiger partial charge on any atom is -0.390 e. The Morgan fingerprint density at radius 3 is 2.70 bits per heavy atom. The first-order valence-corrected chi connectivity index (χ1v) is 9.23. The van der Waals surface area contributed by atoms with Crippen molar-refractivity contribution >= 4 is 52.2 Å². The van der Waals surface area contributed by atoms with Gasteiger partial charge in [-0.2, -0.15) is 5.10 Å². The second kappa shape index (κ2) is 8.93. The van der Waals surface area contributed by atoms with Gasteiger partial charge < -0.3 is 16.4 Å². The number of nitrogens with zero attached hydrogens (tertiary/aromatic N) is 4. The van der Waals surface area contributed by atoms with Gasteiger partial charge in [-0.3, -0.25) is 4.79 Å². The zero-order valence-electron chi connectivity index (χ0n) is 15.7. The highest BCUT2D eigenvalue weighted by molar-refractivity contribution is 6.37. The predicted molar refractivity (Wildman–Crippen MR) is 116 cm³/mol. The third-order valence-corrected chi connectivity index (χ3v) is 4.39. The van der Waals surface area contributed by atoms with Gasteiger partial charge in [-0.25, -0.2) is 19.0 Å². The number of nitrogens with two attached hydrogens (primary N) is 1. The number of aliphatic imine (C=N–C) groups is 1. The van der Waals surface area contributed by atoms with Gasteiger partial charge in [0.25, 0.3) is 0 Å². The second-order valence-electron chi connectivity index (χ2n) is 6.00. The van der Waals surface area contributed by atoms with Crippen LogP contribution in [-0.4, -0.2) is 27.0 Å². The molecule has 1 aromatic carbocycles. The molecule has 154 valence electrons. The molecule has 0 bridgehead atoms. The van der Waals surface area contributed by atoms with Crippen molar-refractivity contribution in [2.75, 3.05) is 5.32 Å². The van der Waals surface area contributed by atoms with E-state index in [-0.39, 0.29) is 28.8 Å². The number of nitrogens with one attached hydrogen (secondary N) is 2. The van der Waals surface area contributed by atoms with Gasteiger partial charge in [0, 0.05) is 24.9 Å². The molecule has 0 spiro atoms. The van der Waals surface area contributed by atoms with E-state index in [2.05, 4.69) is 32.3 Å². The van der Waals surface area contributed by atoms with E-state index in [1.54, 1.807) is 18.2 Å². The average molecular weight is 448 g/mol. The fraction of sp³-hybridized carbons (Fsp3) is 0.0526. The Bertz CT molecular complexity index is 1180. The van der Waals surface area contributed by atoms with Gasteiger partial charge in [-0.05, 0) is 12.1 Å². The Balaban J connectivity index is 2.07. The van der Waals surface area contributed by atoms with E-state index in [0.717, 1.165) is 12.5 Å². The molecule has 11 heteroatoms. The van der Waals surface area contributed by atoms with E-state index in [0.29, 0.717) is 21.1 Å². The molecule has 0 aliphatic carbocycles. The summed E-state index contributed by atoms with van der Waals surface area (Å²) < 4.78 is 15.7. The zero-order chi connectivity index (χ0) is 21.8. The fourth-order valence-corrected chi connectivity index (χ4v) is 3.20. The number of pyridine rings is 1. The summed E-state index contributed by atoms with van der Waals surface area (Å²) in [5, 5.41) is 10.7. The number of hydrogen-bond acceptors (Lipinski definition) is 5. The fourth-order valence-electron chi connectivity index (χ4n) is 2.63. The summed E-state index contributed by atoms with van der Waals surface area (Å²) >= 11 is 12.5. The summed E-state index contributed by atoms with van der Waals surface area (Å²) in [4.78, 5) is 19.2. The molecule has 0 saturated carbocycles. The van der Waals surface area contributed by atoms with Crippen molar-refractivity contribution in [3.05, 3.63) is 70.6 Å². The maximum atomic E-state index is 14.4. The summed E-state index contributed by atoms with van der Waals surface area (Å²) in [5.41, 5.74) is 6.11. The first kappa shape index (κ1) is 21.3. The maximum Gasteiger partial charge on any atom is 0.221 e. The number of allylic oxidation sites excluding steroid dienone is 1. The van der Waals surface area contributed by atoms with E-state index >= 15 is 0 Å². The van der Waals surface area contributed by atoms with Crippen LogP contribution in [0.5, 0.6) is 0 Å². The largest absolute Gasteiger partial charge is 0.390 e. The normalized spacial score (nSPS) is 11.8. The molecule has 0 aliphatic heterocycles. The average Bonchev–Trinajstić information content (AvgIpc) is 3.09. The SMILES string of the molecule is C=C(/C=C(\N=CN)Nc1ncc(F)c2nn(-c3c(Cl)cccc3Cl)cc12)NC(C)=O. The van der Waals surface area contributed by atoms with Crippen LogP contribution in [0.25, 0.3) is 16.6 Å². The highest BCUT2D eigenvalue weighted by atomic mass is 35.5. The number of para-hydroxylation sites is 1. The molecule has 0 unspecified atom stereocenters. The third kappa shape index (κ3) is 4.58. The van der Waals surface area contributed by atoms with Crippen LogP contribution in [0.4, 0.5) is 10.2 Å². The molecule has 3 aromatic rings. The minimum absolute atomic E-state index is 0.0419. The Labute approximate surface area is 180 Å². The molecule has 0 aliphatic rings. The number of halogens is 3. The Morgan fingerprint density at radius 1 is 1.37 bits per heavy atom. The molecular weight excluding hydrogens is 432 g/mol. The van der Waals surface area contributed by atoms with E-state index in [4.69, 9.17) is 28.9 Å². The summed E-state index contributed by atoms with van der Waals surface area (Å²) in [7, 11) is 0. The zero-order valence-corrected chi connectivity index (χ0v) is 17.2. The lowest BCUT2D eigenvalue weighted by Crippen LogP contribution is -2.17. The molecule has 2 aromatic heterocycles. The summed E-state index contributed by atoms with van der Waals surface area (Å²) in [6.07, 6.45) is 5.04. The number of hydrogen-bond donors (Lipinski definition) is 3. The molecular formula is C19H16Cl2FN7O. The van der Waals surface area contributed by atoms with E-state index in [9.17, 15) is 9.18 Å². The summed E-state index contributed by atoms with van der Waals surface area (Å²) in [6.45, 7) is 5.05. The molecule has 0 fully saturated rings. The Morgan fingerprint density at radius 2 is 2.07 bits per heavy atom. The van der Waals surface area contributed by atoms with Gasteiger partial charge in [0.2, 0.25) is 5.91 Å². The summed E-state index contributed by atoms with van der Waals surface area (Å²) in [6, 6.07) is 4.98. The van der Waals surface area contributed by atoms with Gasteiger partial charge in [0.15, 0.2) is 5.82 Å². The number of aromatic nitrogens is 3. The van der Waals surface area contributed by atoms with Gasteiger partial charge in [0.05, 0.1) is 28.0 Å². The van der Waals surface area contributed by atoms with Crippen LogP contribution in [0.2, 0.25) is 10.0 Å². The predicted octanol–water partition coefficient (Wildman–Crippen LogP) is 3.76.